The van der Waals surface area contributed by atoms with Crippen LogP contribution in [0.15, 0.2) is 36.9 Å². The summed E-state index contributed by atoms with van der Waals surface area (Å²) in [7, 11) is 0. The fraction of sp³-hybridized carbons (Fsp3) is 0.444. The molecule has 2 fully saturated rings. The van der Waals surface area contributed by atoms with Crippen LogP contribution < -0.4 is 10.6 Å². The van der Waals surface area contributed by atoms with Crippen LogP contribution in [0.2, 0.25) is 0 Å². The molecule has 3 atom stereocenters. The molecule has 0 radical (unpaired) electrons. The predicted octanol–water partition coefficient (Wildman–Crippen LogP) is 2.98. The van der Waals surface area contributed by atoms with Gasteiger partial charge in [-0.05, 0) is 43.2 Å². The highest BCUT2D eigenvalue weighted by Gasteiger charge is 2.43. The van der Waals surface area contributed by atoms with Crippen molar-refractivity contribution in [2.45, 2.75) is 25.7 Å². The molecule has 1 aromatic carbocycles. The second-order valence-corrected chi connectivity index (χ2v) is 6.31. The Labute approximate surface area is 131 Å². The Kier molecular flexibility index (Phi) is 4.27. The van der Waals surface area contributed by atoms with Crippen molar-refractivity contribution in [2.24, 2.45) is 17.8 Å². The van der Waals surface area contributed by atoms with Crippen LogP contribution in [0, 0.1) is 17.8 Å². The van der Waals surface area contributed by atoms with Crippen molar-refractivity contribution >= 4 is 17.5 Å². The van der Waals surface area contributed by atoms with Crippen LogP contribution in [0.5, 0.6) is 0 Å². The Morgan fingerprint density at radius 3 is 2.73 bits per heavy atom. The van der Waals surface area contributed by atoms with Gasteiger partial charge in [-0.2, -0.15) is 0 Å². The fourth-order valence-corrected chi connectivity index (χ4v) is 3.84. The first-order chi connectivity index (χ1) is 10.7. The van der Waals surface area contributed by atoms with Gasteiger partial charge in [0.25, 0.3) is 5.91 Å². The van der Waals surface area contributed by atoms with E-state index in [1.807, 2.05) is 6.07 Å². The quantitative estimate of drug-likeness (QED) is 0.821. The van der Waals surface area contributed by atoms with Crippen LogP contribution in [0.1, 0.15) is 36.0 Å². The molecule has 116 valence electrons. The summed E-state index contributed by atoms with van der Waals surface area (Å²) in [6.45, 7) is 4.00. The number of hydrogen-bond donors (Lipinski definition) is 2. The van der Waals surface area contributed by atoms with Crippen LogP contribution in [-0.2, 0) is 4.79 Å². The maximum Gasteiger partial charge on any atom is 0.253 e. The van der Waals surface area contributed by atoms with Crippen molar-refractivity contribution in [2.75, 3.05) is 11.9 Å². The number of fused-ring (bicyclic) bond motifs is 2. The van der Waals surface area contributed by atoms with Gasteiger partial charge >= 0.3 is 0 Å². The van der Waals surface area contributed by atoms with E-state index < -0.39 is 0 Å². The number of amides is 2. The number of nitrogens with one attached hydrogen (secondary N) is 2. The summed E-state index contributed by atoms with van der Waals surface area (Å²) in [4.78, 5) is 24.7. The van der Waals surface area contributed by atoms with E-state index in [0.717, 1.165) is 12.3 Å². The zero-order chi connectivity index (χ0) is 15.5. The number of carbonyl (C=O) groups is 2. The number of carbonyl (C=O) groups excluding carboxylic acids is 2. The minimum atomic E-state index is -0.191. The zero-order valence-electron chi connectivity index (χ0n) is 12.7. The molecule has 0 aliphatic heterocycles. The normalized spacial score (nSPS) is 25.7. The molecule has 0 heterocycles. The molecule has 0 saturated heterocycles. The minimum absolute atomic E-state index is 0.0659. The van der Waals surface area contributed by atoms with Gasteiger partial charge in [-0.15, -0.1) is 6.58 Å². The standard InChI is InChI=1S/C18H22N2O2/c1-2-9-19-17(21)14-5-3-4-6-16(14)20-18(22)15-11-12-7-8-13(15)10-12/h2-6,12-13,15H,1,7-11H2,(H,19,21)(H,20,22). The van der Waals surface area contributed by atoms with Gasteiger partial charge in [-0.3, -0.25) is 9.59 Å². The first kappa shape index (κ1) is 14.8. The number of hydrogen-bond acceptors (Lipinski definition) is 2. The molecule has 2 amide bonds. The van der Waals surface area contributed by atoms with Crippen molar-refractivity contribution in [1.82, 2.24) is 5.32 Å². The van der Waals surface area contributed by atoms with E-state index in [1.165, 1.54) is 19.3 Å². The minimum Gasteiger partial charge on any atom is -0.349 e. The molecule has 1 aromatic rings. The van der Waals surface area contributed by atoms with Crippen LogP contribution in [0.4, 0.5) is 5.69 Å². The Morgan fingerprint density at radius 2 is 2.05 bits per heavy atom. The average molecular weight is 298 g/mol. The molecule has 0 aromatic heterocycles. The van der Waals surface area contributed by atoms with Crippen LogP contribution in [-0.4, -0.2) is 18.4 Å². The van der Waals surface area contributed by atoms with Crippen molar-refractivity contribution < 1.29 is 9.59 Å². The molecule has 2 saturated carbocycles. The lowest BCUT2D eigenvalue weighted by Gasteiger charge is -2.21. The van der Waals surface area contributed by atoms with Crippen LogP contribution in [0.25, 0.3) is 0 Å². The SMILES string of the molecule is C=CCNC(=O)c1ccccc1NC(=O)C1CC2CCC1C2. The molecule has 2 aliphatic carbocycles. The van der Waals surface area contributed by atoms with E-state index in [0.29, 0.717) is 23.7 Å². The molecule has 4 heteroatoms. The summed E-state index contributed by atoms with van der Waals surface area (Å²) in [5.74, 6) is 1.25. The molecule has 2 N–H and O–H groups in total. The van der Waals surface area contributed by atoms with E-state index in [1.54, 1.807) is 24.3 Å². The highest BCUT2D eigenvalue weighted by atomic mass is 16.2. The summed E-state index contributed by atoms with van der Waals surface area (Å²) >= 11 is 0. The van der Waals surface area contributed by atoms with E-state index in [-0.39, 0.29) is 17.7 Å². The Morgan fingerprint density at radius 1 is 1.23 bits per heavy atom. The Hall–Kier alpha value is -2.10. The highest BCUT2D eigenvalue weighted by Crippen LogP contribution is 2.48. The molecular formula is C18H22N2O2. The van der Waals surface area contributed by atoms with Gasteiger partial charge in [-0.1, -0.05) is 24.6 Å². The van der Waals surface area contributed by atoms with Crippen LogP contribution >= 0.6 is 0 Å². The Bertz CT molecular complexity index is 597. The molecule has 4 nitrogen and oxygen atoms in total. The third-order valence-electron chi connectivity index (χ3n) is 4.91. The molecule has 3 unspecified atom stereocenters. The Balaban J connectivity index is 1.70. The van der Waals surface area contributed by atoms with Crippen molar-refractivity contribution in [3.05, 3.63) is 42.5 Å². The monoisotopic (exact) mass is 298 g/mol. The summed E-state index contributed by atoms with van der Waals surface area (Å²) in [6.07, 6.45) is 6.27. The maximum atomic E-state index is 12.5. The van der Waals surface area contributed by atoms with Crippen LogP contribution in [0.3, 0.4) is 0 Å². The third kappa shape index (κ3) is 2.91. The van der Waals surface area contributed by atoms with Gasteiger partial charge in [0.1, 0.15) is 0 Å². The number of para-hydroxylation sites is 1. The van der Waals surface area contributed by atoms with E-state index >= 15 is 0 Å². The topological polar surface area (TPSA) is 58.2 Å². The summed E-state index contributed by atoms with van der Waals surface area (Å²) < 4.78 is 0. The van der Waals surface area contributed by atoms with Gasteiger partial charge < -0.3 is 10.6 Å². The van der Waals surface area contributed by atoms with E-state index in [9.17, 15) is 9.59 Å². The first-order valence-electron chi connectivity index (χ1n) is 7.98. The maximum absolute atomic E-state index is 12.5. The molecule has 2 bridgehead atoms. The molecule has 3 rings (SSSR count). The van der Waals surface area contributed by atoms with E-state index in [4.69, 9.17) is 0 Å². The smallest absolute Gasteiger partial charge is 0.253 e. The van der Waals surface area contributed by atoms with Gasteiger partial charge in [0, 0.05) is 12.5 Å². The summed E-state index contributed by atoms with van der Waals surface area (Å²) in [6, 6.07) is 7.15. The number of rotatable bonds is 5. The first-order valence-corrected chi connectivity index (χ1v) is 7.98. The lowest BCUT2D eigenvalue weighted by atomic mass is 9.88. The lowest BCUT2D eigenvalue weighted by molar-refractivity contribution is -0.121. The van der Waals surface area contributed by atoms with Gasteiger partial charge in [0.2, 0.25) is 5.91 Å². The second kappa shape index (κ2) is 6.34. The number of anilines is 1. The van der Waals surface area contributed by atoms with Gasteiger partial charge in [-0.25, -0.2) is 0 Å². The summed E-state index contributed by atoms with van der Waals surface area (Å²) in [5, 5.41) is 5.72. The zero-order valence-corrected chi connectivity index (χ0v) is 12.7. The molecule has 0 spiro atoms. The highest BCUT2D eigenvalue weighted by molar-refractivity contribution is 6.04. The average Bonchev–Trinajstić information content (AvgIpc) is 3.16. The van der Waals surface area contributed by atoms with Gasteiger partial charge in [0.05, 0.1) is 11.3 Å². The fourth-order valence-electron chi connectivity index (χ4n) is 3.84. The lowest BCUT2D eigenvalue weighted by Crippen LogP contribution is -2.29. The van der Waals surface area contributed by atoms with E-state index in [2.05, 4.69) is 17.2 Å². The number of benzene rings is 1. The second-order valence-electron chi connectivity index (χ2n) is 6.31. The third-order valence-corrected chi connectivity index (χ3v) is 4.91. The molecule has 2 aliphatic rings. The van der Waals surface area contributed by atoms with Crippen molar-refractivity contribution in [3.8, 4) is 0 Å². The molecule has 22 heavy (non-hydrogen) atoms. The summed E-state index contributed by atoms with van der Waals surface area (Å²) in [5.41, 5.74) is 1.10. The largest absolute Gasteiger partial charge is 0.349 e. The molecular weight excluding hydrogens is 276 g/mol. The van der Waals surface area contributed by atoms with Crippen molar-refractivity contribution in [3.63, 3.8) is 0 Å². The predicted molar refractivity (Wildman–Crippen MR) is 86.5 cm³/mol. The van der Waals surface area contributed by atoms with Crippen molar-refractivity contribution in [1.29, 1.82) is 0 Å². The van der Waals surface area contributed by atoms with Gasteiger partial charge in [0.15, 0.2) is 0 Å².